The summed E-state index contributed by atoms with van der Waals surface area (Å²) in [6.45, 7) is 3.70. The van der Waals surface area contributed by atoms with Crippen molar-refractivity contribution in [2.45, 2.75) is 38.3 Å². The van der Waals surface area contributed by atoms with Crippen molar-refractivity contribution >= 4 is 18.0 Å². The lowest BCUT2D eigenvalue weighted by atomic mass is 9.84. The number of carboxylic acids is 1. The summed E-state index contributed by atoms with van der Waals surface area (Å²) in [6, 6.07) is 14.5. The minimum atomic E-state index is -1.10. The number of aliphatic carboxylic acids is 1. The van der Waals surface area contributed by atoms with Crippen molar-refractivity contribution in [2.24, 2.45) is 5.41 Å². The number of amides is 2. The number of rotatable bonds is 7. The number of carbonyl (C=O) groups excluding carboxylic acids is 2. The summed E-state index contributed by atoms with van der Waals surface area (Å²) < 4.78 is 11.0. The smallest absolute Gasteiger partial charge is 0.407 e. The van der Waals surface area contributed by atoms with Crippen LogP contribution in [0.2, 0.25) is 0 Å². The van der Waals surface area contributed by atoms with Gasteiger partial charge < -0.3 is 25.2 Å². The van der Waals surface area contributed by atoms with Crippen molar-refractivity contribution in [2.75, 3.05) is 19.8 Å². The monoisotopic (exact) mass is 452 g/mol. The first kappa shape index (κ1) is 22.8. The Hall–Kier alpha value is -3.39. The molecule has 0 saturated carbocycles. The van der Waals surface area contributed by atoms with Gasteiger partial charge >= 0.3 is 12.1 Å². The maximum Gasteiger partial charge on any atom is 0.407 e. The van der Waals surface area contributed by atoms with Gasteiger partial charge in [0.2, 0.25) is 5.91 Å². The standard InChI is InChI=1S/C25H28N2O6/c1-3-20(22(28)29)26-23(30)25(2)14-32-13-21(25)27-24(31)33-12-19-17-10-6-4-8-15(17)16-9-5-7-11-18(16)19/h4-11,19-21H,3,12-14H2,1-2H3,(H,26,30)(H,27,31)(H,28,29)/t20-,21?,25?/m0/s1. The highest BCUT2D eigenvalue weighted by Crippen LogP contribution is 2.44. The first-order valence-corrected chi connectivity index (χ1v) is 11.1. The zero-order chi connectivity index (χ0) is 23.6. The van der Waals surface area contributed by atoms with E-state index in [1.807, 2.05) is 36.4 Å². The van der Waals surface area contributed by atoms with Crippen LogP contribution in [0.4, 0.5) is 4.79 Å². The SMILES string of the molecule is CC[C@H](NC(=O)C1(C)COCC1NC(=O)OCC1c2ccccc2-c2ccccc21)C(=O)O. The van der Waals surface area contributed by atoms with E-state index >= 15 is 0 Å². The zero-order valence-electron chi connectivity index (χ0n) is 18.7. The van der Waals surface area contributed by atoms with Crippen LogP contribution in [0, 0.1) is 5.41 Å². The number of fused-ring (bicyclic) bond motifs is 3. The number of nitrogens with one attached hydrogen (secondary N) is 2. The molecule has 0 aromatic heterocycles. The van der Waals surface area contributed by atoms with E-state index in [9.17, 15) is 19.5 Å². The number of carbonyl (C=O) groups is 3. The molecule has 0 radical (unpaired) electrons. The Kier molecular flexibility index (Phi) is 6.37. The highest BCUT2D eigenvalue weighted by atomic mass is 16.5. The van der Waals surface area contributed by atoms with Crippen molar-refractivity contribution in [3.8, 4) is 11.1 Å². The number of carboxylic acid groups (broad SMARTS) is 1. The fourth-order valence-electron chi connectivity index (χ4n) is 4.54. The van der Waals surface area contributed by atoms with Gasteiger partial charge in [0.05, 0.1) is 24.7 Å². The average Bonchev–Trinajstić information content (AvgIpc) is 3.34. The Bertz CT molecular complexity index is 1020. The van der Waals surface area contributed by atoms with Gasteiger partial charge in [-0.3, -0.25) is 4.79 Å². The molecular weight excluding hydrogens is 424 g/mol. The fraction of sp³-hybridized carbons (Fsp3) is 0.400. The summed E-state index contributed by atoms with van der Waals surface area (Å²) in [5, 5.41) is 14.5. The molecule has 8 heteroatoms. The van der Waals surface area contributed by atoms with E-state index in [-0.39, 0.29) is 32.2 Å². The average molecular weight is 453 g/mol. The number of hydrogen-bond donors (Lipinski definition) is 3. The third-order valence-electron chi connectivity index (χ3n) is 6.62. The maximum absolute atomic E-state index is 12.8. The zero-order valence-corrected chi connectivity index (χ0v) is 18.7. The van der Waals surface area contributed by atoms with Crippen LogP contribution >= 0.6 is 0 Å². The Labute approximate surface area is 192 Å². The van der Waals surface area contributed by atoms with Gasteiger partial charge in [0.1, 0.15) is 12.6 Å². The molecule has 1 aliphatic heterocycles. The van der Waals surface area contributed by atoms with E-state index in [1.54, 1.807) is 13.8 Å². The van der Waals surface area contributed by atoms with Crippen LogP contribution in [-0.4, -0.2) is 55.0 Å². The highest BCUT2D eigenvalue weighted by Gasteiger charge is 2.48. The molecule has 2 unspecified atom stereocenters. The second-order valence-electron chi connectivity index (χ2n) is 8.73. The molecule has 1 fully saturated rings. The van der Waals surface area contributed by atoms with Crippen LogP contribution in [0.25, 0.3) is 11.1 Å². The lowest BCUT2D eigenvalue weighted by Gasteiger charge is -2.30. The van der Waals surface area contributed by atoms with Gasteiger partial charge in [0.25, 0.3) is 0 Å². The molecule has 2 aliphatic rings. The minimum absolute atomic E-state index is 0.0708. The molecular formula is C25H28N2O6. The molecule has 2 aromatic carbocycles. The van der Waals surface area contributed by atoms with E-state index in [0.29, 0.717) is 0 Å². The molecule has 1 heterocycles. The predicted molar refractivity (Wildman–Crippen MR) is 121 cm³/mol. The van der Waals surface area contributed by atoms with Gasteiger partial charge in [-0.05, 0) is 35.6 Å². The summed E-state index contributed by atoms with van der Waals surface area (Å²) in [7, 11) is 0. The van der Waals surface area contributed by atoms with E-state index in [2.05, 4.69) is 22.8 Å². The van der Waals surface area contributed by atoms with Crippen LogP contribution in [0.1, 0.15) is 37.3 Å². The Morgan fingerprint density at radius 1 is 1.12 bits per heavy atom. The topological polar surface area (TPSA) is 114 Å². The summed E-state index contributed by atoms with van der Waals surface area (Å²) in [5.41, 5.74) is 3.39. The number of benzene rings is 2. The quantitative estimate of drug-likeness (QED) is 0.595. The summed E-state index contributed by atoms with van der Waals surface area (Å²) in [6.07, 6.45) is -0.390. The van der Waals surface area contributed by atoms with Crippen LogP contribution in [0.3, 0.4) is 0 Å². The lowest BCUT2D eigenvalue weighted by molar-refractivity contribution is -0.144. The molecule has 0 bridgehead atoms. The molecule has 1 aliphatic carbocycles. The van der Waals surface area contributed by atoms with Gasteiger partial charge in [0.15, 0.2) is 0 Å². The van der Waals surface area contributed by atoms with Crippen LogP contribution in [0.5, 0.6) is 0 Å². The second kappa shape index (κ2) is 9.23. The van der Waals surface area contributed by atoms with Crippen molar-refractivity contribution in [3.05, 3.63) is 59.7 Å². The van der Waals surface area contributed by atoms with Crippen molar-refractivity contribution < 1.29 is 29.0 Å². The lowest BCUT2D eigenvalue weighted by Crippen LogP contribution is -2.56. The van der Waals surface area contributed by atoms with Crippen LogP contribution in [-0.2, 0) is 19.1 Å². The molecule has 1 saturated heterocycles. The van der Waals surface area contributed by atoms with E-state index in [4.69, 9.17) is 9.47 Å². The first-order chi connectivity index (χ1) is 15.8. The molecule has 3 atom stereocenters. The molecule has 2 amide bonds. The van der Waals surface area contributed by atoms with Crippen LogP contribution in [0.15, 0.2) is 48.5 Å². The number of alkyl carbamates (subject to hydrolysis) is 1. The molecule has 174 valence electrons. The van der Waals surface area contributed by atoms with E-state index in [1.165, 1.54) is 0 Å². The van der Waals surface area contributed by atoms with Gasteiger partial charge in [-0.25, -0.2) is 9.59 Å². The van der Waals surface area contributed by atoms with E-state index < -0.39 is 35.5 Å². The largest absolute Gasteiger partial charge is 0.480 e. The molecule has 33 heavy (non-hydrogen) atoms. The normalized spacial score (nSPS) is 22.2. The third kappa shape index (κ3) is 4.30. The van der Waals surface area contributed by atoms with Crippen molar-refractivity contribution in [3.63, 3.8) is 0 Å². The first-order valence-electron chi connectivity index (χ1n) is 11.1. The number of ether oxygens (including phenoxy) is 2. The number of hydrogen-bond acceptors (Lipinski definition) is 5. The van der Waals surface area contributed by atoms with Gasteiger partial charge in [-0.15, -0.1) is 0 Å². The van der Waals surface area contributed by atoms with Crippen molar-refractivity contribution in [1.82, 2.24) is 10.6 Å². The summed E-state index contributed by atoms with van der Waals surface area (Å²) in [5.74, 6) is -1.65. The predicted octanol–water partition coefficient (Wildman–Crippen LogP) is 2.91. The van der Waals surface area contributed by atoms with E-state index in [0.717, 1.165) is 22.3 Å². The molecule has 4 rings (SSSR count). The van der Waals surface area contributed by atoms with Gasteiger partial charge in [-0.2, -0.15) is 0 Å². The maximum atomic E-state index is 12.8. The highest BCUT2D eigenvalue weighted by molar-refractivity contribution is 5.88. The minimum Gasteiger partial charge on any atom is -0.480 e. The third-order valence-corrected chi connectivity index (χ3v) is 6.62. The summed E-state index contributed by atoms with van der Waals surface area (Å²) in [4.78, 5) is 36.8. The molecule has 8 nitrogen and oxygen atoms in total. The fourth-order valence-corrected chi connectivity index (χ4v) is 4.54. The van der Waals surface area contributed by atoms with Crippen molar-refractivity contribution in [1.29, 1.82) is 0 Å². The van der Waals surface area contributed by atoms with Gasteiger partial charge in [0, 0.05) is 5.92 Å². The molecule has 0 spiro atoms. The van der Waals surface area contributed by atoms with Crippen LogP contribution < -0.4 is 10.6 Å². The molecule has 2 aromatic rings. The Balaban J connectivity index is 1.41. The molecule has 3 N–H and O–H groups in total. The van der Waals surface area contributed by atoms with Gasteiger partial charge in [-0.1, -0.05) is 55.5 Å². The Morgan fingerprint density at radius 2 is 1.73 bits per heavy atom. The second-order valence-corrected chi connectivity index (χ2v) is 8.73. The Morgan fingerprint density at radius 3 is 2.30 bits per heavy atom. The summed E-state index contributed by atoms with van der Waals surface area (Å²) >= 11 is 0.